The molecular formula is C12H20O3S2. The van der Waals surface area contributed by atoms with Crippen LogP contribution in [0.1, 0.15) is 19.3 Å². The second-order valence-corrected chi connectivity index (χ2v) is 7.89. The van der Waals surface area contributed by atoms with Gasteiger partial charge in [-0.3, -0.25) is 0 Å². The van der Waals surface area contributed by atoms with Crippen molar-refractivity contribution in [3.63, 3.8) is 0 Å². The summed E-state index contributed by atoms with van der Waals surface area (Å²) in [6, 6.07) is 0. The number of aliphatic hydroxyl groups excluding tert-OH is 1. The second kappa shape index (κ2) is 5.29. The van der Waals surface area contributed by atoms with Gasteiger partial charge in [0, 0.05) is 25.4 Å². The second-order valence-electron chi connectivity index (χ2n) is 5.09. The van der Waals surface area contributed by atoms with E-state index in [0.717, 1.165) is 12.8 Å². The van der Waals surface area contributed by atoms with Crippen LogP contribution in [0.5, 0.6) is 0 Å². The van der Waals surface area contributed by atoms with E-state index in [1.165, 1.54) is 17.9 Å². The first-order chi connectivity index (χ1) is 8.29. The molecule has 0 aromatic heterocycles. The van der Waals surface area contributed by atoms with Gasteiger partial charge in [-0.05, 0) is 24.3 Å². The summed E-state index contributed by atoms with van der Waals surface area (Å²) in [6.45, 7) is 0. The quantitative estimate of drug-likeness (QED) is 0.834. The molecule has 0 unspecified atom stereocenters. The molecule has 0 radical (unpaired) electrons. The van der Waals surface area contributed by atoms with Crippen LogP contribution in [0, 0.1) is 11.8 Å². The molecule has 98 valence electrons. The Morgan fingerprint density at radius 3 is 2.59 bits per heavy atom. The fourth-order valence-electron chi connectivity index (χ4n) is 3.22. The highest BCUT2D eigenvalue weighted by molar-refractivity contribution is 8.17. The van der Waals surface area contributed by atoms with E-state index >= 15 is 0 Å². The summed E-state index contributed by atoms with van der Waals surface area (Å²) in [5, 5.41) is 10.5. The zero-order chi connectivity index (χ0) is 11.8. The normalized spacial score (nSPS) is 47.3. The summed E-state index contributed by atoms with van der Waals surface area (Å²) in [5.41, 5.74) is 0. The van der Waals surface area contributed by atoms with E-state index in [2.05, 4.69) is 0 Å². The molecule has 1 aliphatic carbocycles. The fraction of sp³-hybridized carbons (Fsp3) is 1.00. The van der Waals surface area contributed by atoms with Gasteiger partial charge >= 0.3 is 0 Å². The van der Waals surface area contributed by atoms with Gasteiger partial charge in [0.25, 0.3) is 0 Å². The molecule has 2 heterocycles. The molecule has 3 fully saturated rings. The number of thioether (sulfide) groups is 2. The third kappa shape index (κ3) is 2.37. The molecule has 2 aliphatic heterocycles. The molecule has 17 heavy (non-hydrogen) atoms. The van der Waals surface area contributed by atoms with Crippen molar-refractivity contribution in [1.29, 1.82) is 0 Å². The molecule has 1 N–H and O–H groups in total. The average molecular weight is 276 g/mol. The molecule has 3 aliphatic rings. The van der Waals surface area contributed by atoms with Crippen molar-refractivity contribution in [1.82, 2.24) is 0 Å². The minimum absolute atomic E-state index is 0.0905. The topological polar surface area (TPSA) is 38.7 Å². The van der Waals surface area contributed by atoms with Crippen LogP contribution in [0.15, 0.2) is 0 Å². The maximum Gasteiger partial charge on any atom is 0.158 e. The summed E-state index contributed by atoms with van der Waals surface area (Å²) in [6.07, 6.45) is 3.12. The zero-order valence-corrected chi connectivity index (χ0v) is 11.7. The van der Waals surface area contributed by atoms with Crippen molar-refractivity contribution in [2.24, 2.45) is 11.8 Å². The number of methoxy groups -OCH3 is 1. The molecule has 0 spiro atoms. The smallest absolute Gasteiger partial charge is 0.158 e. The standard InChI is InChI=1S/C12H20O3S2/c1-14-10-6-7-9(15-10)5-8(11(7)13)12-16-3-2-4-17-12/h7-13H,2-6H2,1H3/t7-,8-,9-,10+,11-/m1/s1. The number of aliphatic hydroxyl groups is 1. The first-order valence-electron chi connectivity index (χ1n) is 6.39. The summed E-state index contributed by atoms with van der Waals surface area (Å²) >= 11 is 4.05. The molecule has 3 nitrogen and oxygen atoms in total. The summed E-state index contributed by atoms with van der Waals surface area (Å²) in [5.74, 6) is 3.21. The van der Waals surface area contributed by atoms with Crippen molar-refractivity contribution >= 4 is 23.5 Å². The van der Waals surface area contributed by atoms with Gasteiger partial charge in [0.15, 0.2) is 6.29 Å². The summed E-state index contributed by atoms with van der Waals surface area (Å²) in [4.78, 5) is 0. The molecule has 5 heteroatoms. The highest BCUT2D eigenvalue weighted by Gasteiger charge is 2.51. The van der Waals surface area contributed by atoms with Crippen molar-refractivity contribution in [2.75, 3.05) is 18.6 Å². The Labute approximate surface area is 111 Å². The van der Waals surface area contributed by atoms with Crippen LogP contribution in [0.2, 0.25) is 0 Å². The van der Waals surface area contributed by atoms with Crippen LogP contribution >= 0.6 is 23.5 Å². The largest absolute Gasteiger partial charge is 0.392 e. The first kappa shape index (κ1) is 12.6. The molecule has 1 saturated carbocycles. The third-order valence-electron chi connectivity index (χ3n) is 4.12. The van der Waals surface area contributed by atoms with Gasteiger partial charge in [-0.25, -0.2) is 0 Å². The SMILES string of the molecule is CO[C@@H]1C[C@H]2[C@@H](O)[C@H](C3SCCCS3)C[C@H]2O1. The summed E-state index contributed by atoms with van der Waals surface area (Å²) in [7, 11) is 1.68. The van der Waals surface area contributed by atoms with Gasteiger partial charge < -0.3 is 14.6 Å². The summed E-state index contributed by atoms with van der Waals surface area (Å²) < 4.78 is 11.6. The molecule has 3 rings (SSSR count). The number of hydrogen-bond donors (Lipinski definition) is 1. The fourth-order valence-corrected chi connectivity index (χ4v) is 6.49. The van der Waals surface area contributed by atoms with Gasteiger partial charge in [-0.15, -0.1) is 23.5 Å². The van der Waals surface area contributed by atoms with E-state index in [1.807, 2.05) is 23.5 Å². The lowest BCUT2D eigenvalue weighted by atomic mass is 9.99. The van der Waals surface area contributed by atoms with E-state index in [1.54, 1.807) is 7.11 Å². The predicted molar refractivity (Wildman–Crippen MR) is 71.2 cm³/mol. The van der Waals surface area contributed by atoms with E-state index in [-0.39, 0.29) is 18.5 Å². The van der Waals surface area contributed by atoms with Crippen LogP contribution in [0.4, 0.5) is 0 Å². The van der Waals surface area contributed by atoms with Crippen LogP contribution < -0.4 is 0 Å². The minimum Gasteiger partial charge on any atom is -0.392 e. The third-order valence-corrected chi connectivity index (χ3v) is 7.34. The van der Waals surface area contributed by atoms with Gasteiger partial charge in [-0.1, -0.05) is 0 Å². The molecular weight excluding hydrogens is 256 g/mol. The van der Waals surface area contributed by atoms with Crippen LogP contribution in [-0.2, 0) is 9.47 Å². The Balaban J connectivity index is 1.63. The van der Waals surface area contributed by atoms with E-state index in [9.17, 15) is 5.11 Å². The van der Waals surface area contributed by atoms with Gasteiger partial charge in [0.05, 0.1) is 16.8 Å². The van der Waals surface area contributed by atoms with Crippen LogP contribution in [0.25, 0.3) is 0 Å². The number of ether oxygens (including phenoxy) is 2. The van der Waals surface area contributed by atoms with Crippen molar-refractivity contribution < 1.29 is 14.6 Å². The molecule has 0 aromatic rings. The van der Waals surface area contributed by atoms with Crippen LogP contribution in [0.3, 0.4) is 0 Å². The average Bonchev–Trinajstić information content (AvgIpc) is 2.90. The lowest BCUT2D eigenvalue weighted by molar-refractivity contribution is -0.116. The highest BCUT2D eigenvalue weighted by atomic mass is 32.2. The molecule has 2 saturated heterocycles. The molecule has 5 atom stereocenters. The van der Waals surface area contributed by atoms with Crippen molar-refractivity contribution in [3.05, 3.63) is 0 Å². The van der Waals surface area contributed by atoms with Crippen molar-refractivity contribution in [2.45, 2.75) is 42.3 Å². The minimum atomic E-state index is -0.191. The molecule has 0 amide bonds. The number of rotatable bonds is 2. The molecule has 0 aromatic carbocycles. The zero-order valence-electron chi connectivity index (χ0n) is 10.1. The number of fused-ring (bicyclic) bond motifs is 1. The van der Waals surface area contributed by atoms with Crippen LogP contribution in [-0.4, -0.2) is 46.8 Å². The Kier molecular flexibility index (Phi) is 3.92. The van der Waals surface area contributed by atoms with E-state index in [4.69, 9.17) is 9.47 Å². The van der Waals surface area contributed by atoms with Gasteiger partial charge in [0.2, 0.25) is 0 Å². The predicted octanol–water partition coefficient (Wildman–Crippen LogP) is 1.94. The Hall–Kier alpha value is 0.580. The Bertz CT molecular complexity index is 270. The maximum absolute atomic E-state index is 10.5. The van der Waals surface area contributed by atoms with Gasteiger partial charge in [0.1, 0.15) is 0 Å². The van der Waals surface area contributed by atoms with E-state index in [0.29, 0.717) is 16.4 Å². The van der Waals surface area contributed by atoms with Crippen molar-refractivity contribution in [3.8, 4) is 0 Å². The Morgan fingerprint density at radius 1 is 1.18 bits per heavy atom. The monoisotopic (exact) mass is 276 g/mol. The molecule has 0 bridgehead atoms. The van der Waals surface area contributed by atoms with Gasteiger partial charge in [-0.2, -0.15) is 0 Å². The first-order valence-corrected chi connectivity index (χ1v) is 8.49. The van der Waals surface area contributed by atoms with E-state index < -0.39 is 0 Å². The lowest BCUT2D eigenvalue weighted by Gasteiger charge is -2.29. The number of hydrogen-bond acceptors (Lipinski definition) is 5. The highest BCUT2D eigenvalue weighted by Crippen LogP contribution is 2.49. The lowest BCUT2D eigenvalue weighted by Crippen LogP contribution is -2.29. The maximum atomic E-state index is 10.5. The Morgan fingerprint density at radius 2 is 1.94 bits per heavy atom.